The van der Waals surface area contributed by atoms with Gasteiger partial charge in [-0.1, -0.05) is 71.5 Å². The summed E-state index contributed by atoms with van der Waals surface area (Å²) in [6.07, 6.45) is 1.82. The number of nitrogens with zero attached hydrogens (tertiary/aromatic N) is 2. The molecular weight excluding hydrogens is 494 g/mol. The summed E-state index contributed by atoms with van der Waals surface area (Å²) in [6.45, 7) is 1.78. The predicted octanol–water partition coefficient (Wildman–Crippen LogP) is 4.54. The summed E-state index contributed by atoms with van der Waals surface area (Å²) in [5.41, 5.74) is 2.83. The SMILES string of the molecule is COc1ccc(/C=c2/sc3n(c2=O)C(c2ccccc2Cl)C(C(=O)Nc2ccccc2)=C(C)N=3)cc1. The topological polar surface area (TPSA) is 72.7 Å². The van der Waals surface area contributed by atoms with Crippen molar-refractivity contribution < 1.29 is 9.53 Å². The molecule has 6 nitrogen and oxygen atoms in total. The monoisotopic (exact) mass is 515 g/mol. The largest absolute Gasteiger partial charge is 0.497 e. The molecule has 5 rings (SSSR count). The Labute approximate surface area is 216 Å². The third kappa shape index (κ3) is 4.51. The highest BCUT2D eigenvalue weighted by Crippen LogP contribution is 2.34. The van der Waals surface area contributed by atoms with Gasteiger partial charge in [-0.05, 0) is 54.5 Å². The normalized spacial score (nSPS) is 15.3. The number of allylic oxidation sites excluding steroid dienone is 1. The van der Waals surface area contributed by atoms with Crippen LogP contribution in [0, 0.1) is 0 Å². The van der Waals surface area contributed by atoms with E-state index in [-0.39, 0.29) is 11.5 Å². The van der Waals surface area contributed by atoms with Gasteiger partial charge < -0.3 is 10.1 Å². The minimum absolute atomic E-state index is 0.239. The van der Waals surface area contributed by atoms with Gasteiger partial charge in [0, 0.05) is 10.7 Å². The van der Waals surface area contributed by atoms with Gasteiger partial charge in [-0.25, -0.2) is 4.99 Å². The van der Waals surface area contributed by atoms with Gasteiger partial charge in [0.25, 0.3) is 11.5 Å². The molecule has 0 aliphatic carbocycles. The first-order valence-electron chi connectivity index (χ1n) is 11.2. The van der Waals surface area contributed by atoms with Crippen LogP contribution in [0.4, 0.5) is 5.69 Å². The minimum atomic E-state index is -0.725. The van der Waals surface area contributed by atoms with Gasteiger partial charge >= 0.3 is 0 Å². The number of nitrogens with one attached hydrogen (secondary N) is 1. The Hall–Kier alpha value is -3.94. The summed E-state index contributed by atoms with van der Waals surface area (Å²) in [7, 11) is 1.61. The van der Waals surface area contributed by atoms with Crippen molar-refractivity contribution in [2.24, 2.45) is 4.99 Å². The zero-order valence-electron chi connectivity index (χ0n) is 19.6. The summed E-state index contributed by atoms with van der Waals surface area (Å²) >= 11 is 7.88. The molecule has 4 aromatic rings. The average Bonchev–Trinajstić information content (AvgIpc) is 3.18. The van der Waals surface area contributed by atoms with Crippen molar-refractivity contribution in [2.75, 3.05) is 12.4 Å². The van der Waals surface area contributed by atoms with Gasteiger partial charge in [0.1, 0.15) is 5.75 Å². The molecule has 1 N–H and O–H groups in total. The summed E-state index contributed by atoms with van der Waals surface area (Å²) in [6, 6.07) is 23.1. The fraction of sp³-hybridized carbons (Fsp3) is 0.107. The van der Waals surface area contributed by atoms with E-state index in [2.05, 4.69) is 10.3 Å². The molecule has 180 valence electrons. The van der Waals surface area contributed by atoms with E-state index in [0.717, 1.165) is 11.3 Å². The molecule has 36 heavy (non-hydrogen) atoms. The van der Waals surface area contributed by atoms with Gasteiger partial charge in [-0.2, -0.15) is 0 Å². The standard InChI is InChI=1S/C28H22ClN3O3S/c1-17-24(26(33)31-19-8-4-3-5-9-19)25(21-10-6-7-11-22(21)29)32-27(34)23(36-28(32)30-17)16-18-12-14-20(35-2)15-13-18/h3-16,25H,1-2H3,(H,31,33)/b23-16+. The molecule has 2 heterocycles. The van der Waals surface area contributed by atoms with Crippen LogP contribution in [0.1, 0.15) is 24.1 Å². The first-order chi connectivity index (χ1) is 17.5. The number of benzene rings is 3. The number of carbonyl (C=O) groups excluding carboxylic acids is 1. The van der Waals surface area contributed by atoms with Crippen LogP contribution in [-0.4, -0.2) is 17.6 Å². The molecule has 0 saturated heterocycles. The highest BCUT2D eigenvalue weighted by atomic mass is 35.5. The molecule has 1 aliphatic heterocycles. The number of halogens is 1. The number of amides is 1. The van der Waals surface area contributed by atoms with Gasteiger partial charge in [0.05, 0.1) is 29.0 Å². The van der Waals surface area contributed by atoms with Gasteiger partial charge in [-0.3, -0.25) is 14.2 Å². The van der Waals surface area contributed by atoms with E-state index in [0.29, 0.717) is 36.9 Å². The molecule has 1 amide bonds. The Morgan fingerprint density at radius 1 is 1.06 bits per heavy atom. The van der Waals surface area contributed by atoms with Crippen molar-refractivity contribution in [3.8, 4) is 5.75 Å². The van der Waals surface area contributed by atoms with E-state index in [1.807, 2.05) is 78.9 Å². The zero-order valence-corrected chi connectivity index (χ0v) is 21.1. The zero-order chi connectivity index (χ0) is 25.2. The van der Waals surface area contributed by atoms with Crippen LogP contribution in [0.5, 0.6) is 5.75 Å². The minimum Gasteiger partial charge on any atom is -0.497 e. The number of hydrogen-bond donors (Lipinski definition) is 1. The molecular formula is C28H22ClN3O3S. The number of anilines is 1. The van der Waals surface area contributed by atoms with Crippen molar-refractivity contribution in [2.45, 2.75) is 13.0 Å². The number of para-hydroxylation sites is 1. The summed E-state index contributed by atoms with van der Waals surface area (Å²) < 4.78 is 7.30. The molecule has 8 heteroatoms. The number of methoxy groups -OCH3 is 1. The first kappa shape index (κ1) is 23.8. The number of rotatable bonds is 5. The van der Waals surface area contributed by atoms with E-state index < -0.39 is 6.04 Å². The lowest BCUT2D eigenvalue weighted by Crippen LogP contribution is -2.40. The van der Waals surface area contributed by atoms with Crippen LogP contribution in [0.15, 0.2) is 99.9 Å². The van der Waals surface area contributed by atoms with Crippen LogP contribution in [-0.2, 0) is 4.79 Å². The van der Waals surface area contributed by atoms with Gasteiger partial charge in [0.2, 0.25) is 0 Å². The molecule has 0 radical (unpaired) electrons. The number of aromatic nitrogens is 1. The quantitative estimate of drug-likeness (QED) is 0.424. The van der Waals surface area contributed by atoms with E-state index in [4.69, 9.17) is 16.3 Å². The average molecular weight is 516 g/mol. The molecule has 0 spiro atoms. The lowest BCUT2D eigenvalue weighted by atomic mass is 9.95. The molecule has 1 unspecified atom stereocenters. The van der Waals surface area contributed by atoms with E-state index in [1.165, 1.54) is 11.3 Å². The number of ether oxygens (including phenoxy) is 1. The Balaban J connectivity index is 1.67. The number of hydrogen-bond acceptors (Lipinski definition) is 5. The first-order valence-corrected chi connectivity index (χ1v) is 12.4. The second-order valence-electron chi connectivity index (χ2n) is 8.20. The lowest BCUT2D eigenvalue weighted by molar-refractivity contribution is -0.113. The third-order valence-electron chi connectivity index (χ3n) is 5.91. The summed E-state index contributed by atoms with van der Waals surface area (Å²) in [5, 5.41) is 3.40. The van der Waals surface area contributed by atoms with Crippen molar-refractivity contribution in [1.82, 2.24) is 4.57 Å². The molecule has 1 aromatic heterocycles. The van der Waals surface area contributed by atoms with Crippen LogP contribution in [0.3, 0.4) is 0 Å². The lowest BCUT2D eigenvalue weighted by Gasteiger charge is -2.26. The van der Waals surface area contributed by atoms with E-state index >= 15 is 0 Å². The summed E-state index contributed by atoms with van der Waals surface area (Å²) in [5.74, 6) is 0.397. The van der Waals surface area contributed by atoms with E-state index in [9.17, 15) is 9.59 Å². The predicted molar refractivity (Wildman–Crippen MR) is 143 cm³/mol. The number of thiazole rings is 1. The molecule has 1 atom stereocenters. The van der Waals surface area contributed by atoms with Crippen molar-refractivity contribution in [3.63, 3.8) is 0 Å². The Kier molecular flexibility index (Phi) is 6.59. The Bertz CT molecular complexity index is 1650. The molecule has 0 fully saturated rings. The second kappa shape index (κ2) is 9.97. The highest BCUT2D eigenvalue weighted by Gasteiger charge is 2.33. The number of fused-ring (bicyclic) bond motifs is 1. The molecule has 0 bridgehead atoms. The second-order valence-corrected chi connectivity index (χ2v) is 9.61. The van der Waals surface area contributed by atoms with Crippen molar-refractivity contribution in [1.29, 1.82) is 0 Å². The Morgan fingerprint density at radius 2 is 1.75 bits per heavy atom. The van der Waals surface area contributed by atoms with Crippen molar-refractivity contribution in [3.05, 3.63) is 126 Å². The maximum Gasteiger partial charge on any atom is 0.271 e. The van der Waals surface area contributed by atoms with Crippen LogP contribution in [0.2, 0.25) is 5.02 Å². The fourth-order valence-electron chi connectivity index (χ4n) is 4.17. The van der Waals surface area contributed by atoms with Crippen LogP contribution < -0.4 is 24.9 Å². The Morgan fingerprint density at radius 3 is 2.44 bits per heavy atom. The van der Waals surface area contributed by atoms with Crippen LogP contribution >= 0.6 is 22.9 Å². The maximum absolute atomic E-state index is 13.7. The molecule has 3 aromatic carbocycles. The van der Waals surface area contributed by atoms with Crippen LogP contribution in [0.25, 0.3) is 6.08 Å². The number of carbonyl (C=O) groups is 1. The molecule has 0 saturated carbocycles. The van der Waals surface area contributed by atoms with Crippen molar-refractivity contribution >= 4 is 40.6 Å². The van der Waals surface area contributed by atoms with Gasteiger partial charge in [0.15, 0.2) is 4.80 Å². The van der Waals surface area contributed by atoms with E-state index in [1.54, 1.807) is 24.7 Å². The highest BCUT2D eigenvalue weighted by molar-refractivity contribution is 7.07. The van der Waals surface area contributed by atoms with Gasteiger partial charge in [-0.15, -0.1) is 0 Å². The molecule has 1 aliphatic rings. The maximum atomic E-state index is 13.7. The third-order valence-corrected chi connectivity index (χ3v) is 7.24. The summed E-state index contributed by atoms with van der Waals surface area (Å²) in [4.78, 5) is 32.5. The smallest absolute Gasteiger partial charge is 0.271 e. The fourth-order valence-corrected chi connectivity index (χ4v) is 5.46.